The number of rotatable bonds is 3. The molecule has 0 bridgehead atoms. The molecule has 3 rings (SSSR count). The highest BCUT2D eigenvalue weighted by molar-refractivity contribution is 14.1. The predicted octanol–water partition coefficient (Wildman–Crippen LogP) is -0.111. The topological polar surface area (TPSA) is 103 Å². The van der Waals surface area contributed by atoms with E-state index in [-0.39, 0.29) is 10.5 Å². The van der Waals surface area contributed by atoms with E-state index in [1.54, 1.807) is 4.57 Å². The Bertz CT molecular complexity index is 621. The van der Waals surface area contributed by atoms with E-state index in [2.05, 4.69) is 37.5 Å². The first-order chi connectivity index (χ1) is 9.67. The molecule has 108 valence electrons. The number of ether oxygens (including phenoxy) is 2. The first-order valence-corrected chi connectivity index (χ1v) is 7.22. The van der Waals surface area contributed by atoms with Gasteiger partial charge in [0.05, 0.1) is 30.1 Å². The van der Waals surface area contributed by atoms with E-state index >= 15 is 0 Å². The summed E-state index contributed by atoms with van der Waals surface area (Å²) >= 11 is 2.07. The molecule has 0 spiro atoms. The van der Waals surface area contributed by atoms with Crippen molar-refractivity contribution in [1.82, 2.24) is 19.5 Å². The lowest BCUT2D eigenvalue weighted by Crippen LogP contribution is -2.27. The van der Waals surface area contributed by atoms with Gasteiger partial charge < -0.3 is 19.7 Å². The van der Waals surface area contributed by atoms with E-state index in [1.807, 2.05) is 0 Å². The molecule has 2 aromatic heterocycles. The first-order valence-electron chi connectivity index (χ1n) is 5.97. The zero-order valence-corrected chi connectivity index (χ0v) is 12.7. The van der Waals surface area contributed by atoms with Gasteiger partial charge in [-0.3, -0.25) is 4.57 Å². The number of nitrogens with zero attached hydrogens (tertiary/aromatic N) is 4. The highest BCUT2D eigenvalue weighted by atomic mass is 127. The fraction of sp³-hybridized carbons (Fsp3) is 0.545. The molecule has 0 unspecified atom stereocenters. The molecule has 9 heteroatoms. The van der Waals surface area contributed by atoms with Gasteiger partial charge in [0.15, 0.2) is 17.4 Å². The van der Waals surface area contributed by atoms with Gasteiger partial charge in [0.1, 0.15) is 12.4 Å². The second-order valence-corrected chi connectivity index (χ2v) is 5.83. The quantitative estimate of drug-likeness (QED) is 0.555. The number of aliphatic hydroxyl groups is 2. The molecule has 20 heavy (non-hydrogen) atoms. The summed E-state index contributed by atoms with van der Waals surface area (Å²) in [4.78, 5) is 12.3. The van der Waals surface area contributed by atoms with Crippen molar-refractivity contribution in [2.24, 2.45) is 0 Å². The zero-order chi connectivity index (χ0) is 14.3. The number of aliphatic hydroxyl groups excluding tert-OH is 2. The Labute approximate surface area is 127 Å². The van der Waals surface area contributed by atoms with Gasteiger partial charge in [0.2, 0.25) is 5.88 Å². The number of aromatic nitrogens is 4. The molecule has 0 aromatic carbocycles. The molecule has 4 atom stereocenters. The summed E-state index contributed by atoms with van der Waals surface area (Å²) in [5, 5.41) is 19.5. The summed E-state index contributed by atoms with van der Waals surface area (Å²) in [7, 11) is 1.50. The van der Waals surface area contributed by atoms with Crippen molar-refractivity contribution in [2.75, 3.05) is 13.7 Å². The normalized spacial score (nSPS) is 30.0. The van der Waals surface area contributed by atoms with Crippen LogP contribution in [0.5, 0.6) is 5.88 Å². The summed E-state index contributed by atoms with van der Waals surface area (Å²) < 4.78 is 12.2. The van der Waals surface area contributed by atoms with E-state index < -0.39 is 18.4 Å². The van der Waals surface area contributed by atoms with E-state index in [0.717, 1.165) is 0 Å². The summed E-state index contributed by atoms with van der Waals surface area (Å²) in [5.74, 6) is 0.367. The van der Waals surface area contributed by atoms with Gasteiger partial charge in [-0.25, -0.2) is 9.97 Å². The van der Waals surface area contributed by atoms with Crippen LogP contribution in [0.4, 0.5) is 0 Å². The lowest BCUT2D eigenvalue weighted by atomic mass is 10.2. The van der Waals surface area contributed by atoms with Crippen molar-refractivity contribution in [3.63, 3.8) is 0 Å². The van der Waals surface area contributed by atoms with Crippen molar-refractivity contribution in [3.05, 3.63) is 12.7 Å². The summed E-state index contributed by atoms with van der Waals surface area (Å²) in [6.07, 6.45) is 1.08. The van der Waals surface area contributed by atoms with Crippen LogP contribution in [0, 0.1) is 0 Å². The minimum Gasteiger partial charge on any atom is -0.479 e. The highest BCUT2D eigenvalue weighted by Gasteiger charge is 2.43. The van der Waals surface area contributed by atoms with Crippen LogP contribution < -0.4 is 4.74 Å². The molecule has 1 aliphatic heterocycles. The minimum absolute atomic E-state index is 0.147. The van der Waals surface area contributed by atoms with E-state index in [0.29, 0.717) is 17.0 Å². The molecular formula is C11H13IN4O4. The molecular weight excluding hydrogens is 379 g/mol. The Kier molecular flexibility index (Phi) is 3.75. The average molecular weight is 392 g/mol. The van der Waals surface area contributed by atoms with Crippen LogP contribution in [0.3, 0.4) is 0 Å². The standard InChI is InChI=1S/C11H13IN4O4/c1-19-10-7-9(13-3-14-10)16(4-15-7)11-8(18)6(12)5(2-17)20-11/h3-6,8,11,17-18H,2H2,1H3/t5-,6+,8-,11-/m1/s1. The van der Waals surface area contributed by atoms with Crippen LogP contribution in [0.25, 0.3) is 11.2 Å². The third kappa shape index (κ3) is 2.05. The first kappa shape index (κ1) is 13.9. The Hall–Kier alpha value is -1.04. The lowest BCUT2D eigenvalue weighted by molar-refractivity contribution is -0.0486. The van der Waals surface area contributed by atoms with Crippen LogP contribution in [0.1, 0.15) is 6.23 Å². The second kappa shape index (κ2) is 5.39. The third-order valence-electron chi connectivity index (χ3n) is 3.26. The smallest absolute Gasteiger partial charge is 0.245 e. The summed E-state index contributed by atoms with van der Waals surface area (Å²) in [6.45, 7) is -0.147. The largest absolute Gasteiger partial charge is 0.479 e. The van der Waals surface area contributed by atoms with E-state index in [4.69, 9.17) is 9.47 Å². The molecule has 8 nitrogen and oxygen atoms in total. The molecule has 3 heterocycles. The van der Waals surface area contributed by atoms with Gasteiger partial charge in [0, 0.05) is 0 Å². The highest BCUT2D eigenvalue weighted by Crippen LogP contribution is 2.35. The SMILES string of the molecule is COc1ncnc2c1ncn2[C@@H]1O[C@H](CO)[C@H](I)[C@H]1O. The van der Waals surface area contributed by atoms with Crippen molar-refractivity contribution in [3.8, 4) is 5.88 Å². The molecule has 0 amide bonds. The van der Waals surface area contributed by atoms with Gasteiger partial charge in [-0.15, -0.1) is 0 Å². The van der Waals surface area contributed by atoms with Gasteiger partial charge in [-0.1, -0.05) is 22.6 Å². The van der Waals surface area contributed by atoms with Crippen molar-refractivity contribution in [2.45, 2.75) is 22.4 Å². The van der Waals surface area contributed by atoms with Crippen molar-refractivity contribution >= 4 is 33.8 Å². The molecule has 2 N–H and O–H groups in total. The number of alkyl halides is 1. The van der Waals surface area contributed by atoms with Crippen LogP contribution in [-0.4, -0.2) is 59.6 Å². The molecule has 1 saturated heterocycles. The number of fused-ring (bicyclic) bond motifs is 1. The van der Waals surface area contributed by atoms with Crippen LogP contribution in [0.2, 0.25) is 0 Å². The van der Waals surface area contributed by atoms with Crippen LogP contribution in [0.15, 0.2) is 12.7 Å². The number of hydrogen-bond donors (Lipinski definition) is 2. The molecule has 1 fully saturated rings. The number of hydrogen-bond acceptors (Lipinski definition) is 7. The Balaban J connectivity index is 2.03. The second-order valence-electron chi connectivity index (χ2n) is 4.39. The minimum atomic E-state index is -0.758. The Morgan fingerprint density at radius 2 is 2.25 bits per heavy atom. The predicted molar refractivity (Wildman–Crippen MR) is 76.7 cm³/mol. The van der Waals surface area contributed by atoms with E-state index in [1.165, 1.54) is 19.8 Å². The van der Waals surface area contributed by atoms with Crippen LogP contribution in [-0.2, 0) is 4.74 Å². The Morgan fingerprint density at radius 3 is 2.90 bits per heavy atom. The maximum absolute atomic E-state index is 10.2. The fourth-order valence-corrected chi connectivity index (χ4v) is 3.00. The number of halogens is 1. The van der Waals surface area contributed by atoms with Crippen LogP contribution >= 0.6 is 22.6 Å². The van der Waals surface area contributed by atoms with Gasteiger partial charge in [-0.05, 0) is 0 Å². The van der Waals surface area contributed by atoms with Crippen molar-refractivity contribution in [1.29, 1.82) is 0 Å². The fourth-order valence-electron chi connectivity index (χ4n) is 2.25. The number of imidazole rings is 1. The summed E-state index contributed by atoms with van der Waals surface area (Å²) in [5.41, 5.74) is 1.02. The summed E-state index contributed by atoms with van der Waals surface area (Å²) in [6, 6.07) is 0. The monoisotopic (exact) mass is 392 g/mol. The van der Waals surface area contributed by atoms with Gasteiger partial charge in [-0.2, -0.15) is 4.98 Å². The van der Waals surface area contributed by atoms with E-state index in [9.17, 15) is 10.2 Å². The van der Waals surface area contributed by atoms with Crippen molar-refractivity contribution < 1.29 is 19.7 Å². The molecule has 0 radical (unpaired) electrons. The maximum Gasteiger partial charge on any atom is 0.245 e. The average Bonchev–Trinajstić information content (AvgIpc) is 3.01. The Morgan fingerprint density at radius 1 is 1.45 bits per heavy atom. The number of methoxy groups -OCH3 is 1. The third-order valence-corrected chi connectivity index (χ3v) is 4.80. The molecule has 1 aliphatic rings. The van der Waals surface area contributed by atoms with Gasteiger partial charge >= 0.3 is 0 Å². The lowest BCUT2D eigenvalue weighted by Gasteiger charge is -2.16. The molecule has 0 aliphatic carbocycles. The molecule has 2 aromatic rings. The van der Waals surface area contributed by atoms with Gasteiger partial charge in [0.25, 0.3) is 0 Å². The molecule has 0 saturated carbocycles. The zero-order valence-electron chi connectivity index (χ0n) is 10.5. The maximum atomic E-state index is 10.2.